The molecule has 3 atom stereocenters. The first kappa shape index (κ1) is 22.4. The molecular weight excluding hydrogens is 549 g/mol. The average molecular weight is 564 g/mol. The fourth-order valence-electron chi connectivity index (χ4n) is 0.762. The summed E-state index contributed by atoms with van der Waals surface area (Å²) in [7, 11) is -3.69. The molecule has 3 unspecified atom stereocenters. The highest BCUT2D eigenvalue weighted by molar-refractivity contribution is 9.10. The molecule has 0 radical (unpaired) electrons. The minimum atomic E-state index is -3.69. The lowest BCUT2D eigenvalue weighted by Gasteiger charge is -2.21. The van der Waals surface area contributed by atoms with Crippen molar-refractivity contribution in [3.05, 3.63) is 0 Å². The van der Waals surface area contributed by atoms with Gasteiger partial charge < -0.3 is 0 Å². The number of phosphoric ester groups is 1. The Hall–Kier alpha value is 2.42. The molecular formula is C9H15Br3Cl3O4P. The Morgan fingerprint density at radius 3 is 1.20 bits per heavy atom. The highest BCUT2D eigenvalue weighted by atomic mass is 79.9. The molecule has 0 aromatic rings. The molecule has 4 nitrogen and oxygen atoms in total. The summed E-state index contributed by atoms with van der Waals surface area (Å²) in [6.45, 7) is 0.299. The maximum Gasteiger partial charge on any atom is 0.474 e. The van der Waals surface area contributed by atoms with Crippen LogP contribution in [0.25, 0.3) is 0 Å². The summed E-state index contributed by atoms with van der Waals surface area (Å²) >= 11 is 26.7. The molecule has 122 valence electrons. The molecule has 0 aromatic carbocycles. The van der Waals surface area contributed by atoms with Crippen molar-refractivity contribution in [1.82, 2.24) is 0 Å². The summed E-state index contributed by atoms with van der Waals surface area (Å²) in [6, 6.07) is 0. The van der Waals surface area contributed by atoms with E-state index in [2.05, 4.69) is 47.8 Å². The van der Waals surface area contributed by atoms with E-state index in [1.54, 1.807) is 0 Å². The summed E-state index contributed by atoms with van der Waals surface area (Å²) in [6.07, 6.45) is 0. The monoisotopic (exact) mass is 560 g/mol. The van der Waals surface area contributed by atoms with Crippen molar-refractivity contribution in [3.8, 4) is 0 Å². The fourth-order valence-corrected chi connectivity index (χ4v) is 3.35. The van der Waals surface area contributed by atoms with Crippen molar-refractivity contribution in [2.24, 2.45) is 0 Å². The van der Waals surface area contributed by atoms with E-state index in [9.17, 15) is 4.57 Å². The van der Waals surface area contributed by atoms with Gasteiger partial charge in [-0.05, 0) is 0 Å². The van der Waals surface area contributed by atoms with Crippen LogP contribution in [0.3, 0.4) is 0 Å². The zero-order valence-electron chi connectivity index (χ0n) is 10.3. The van der Waals surface area contributed by atoms with Crippen LogP contribution in [0.5, 0.6) is 0 Å². The number of hydrogen-bond acceptors (Lipinski definition) is 4. The van der Waals surface area contributed by atoms with Crippen LogP contribution in [0.2, 0.25) is 0 Å². The normalized spacial score (nSPS) is 19.3. The van der Waals surface area contributed by atoms with Gasteiger partial charge in [-0.15, -0.1) is 34.8 Å². The molecule has 0 saturated heterocycles. The van der Waals surface area contributed by atoms with Crippen LogP contribution >= 0.6 is 90.4 Å². The second-order valence-electron chi connectivity index (χ2n) is 3.59. The molecule has 0 bridgehead atoms. The maximum absolute atomic E-state index is 12.4. The van der Waals surface area contributed by atoms with Gasteiger partial charge in [-0.3, -0.25) is 13.6 Å². The van der Waals surface area contributed by atoms with E-state index in [4.69, 9.17) is 48.4 Å². The standard InChI is InChI=1S/C9H15Br3Cl3O4P/c10-7(1-13)4-17-20(16,18-5-8(11)2-14)19-6-9(12)3-15/h7-9H,1-6H2. The van der Waals surface area contributed by atoms with Crippen molar-refractivity contribution in [2.75, 3.05) is 37.5 Å². The van der Waals surface area contributed by atoms with Crippen LogP contribution < -0.4 is 0 Å². The van der Waals surface area contributed by atoms with Crippen molar-refractivity contribution in [3.63, 3.8) is 0 Å². The number of hydrogen-bond donors (Lipinski definition) is 0. The smallest absolute Gasteiger partial charge is 0.286 e. The number of phosphoric acid groups is 1. The van der Waals surface area contributed by atoms with Gasteiger partial charge in [-0.25, -0.2) is 4.57 Å². The SMILES string of the molecule is O=P(OCC(Br)CCl)(OCC(Br)CCl)OCC(Br)CCl. The molecule has 0 aliphatic rings. The first-order chi connectivity index (χ1) is 9.36. The molecule has 0 heterocycles. The lowest BCUT2D eigenvalue weighted by Crippen LogP contribution is -2.17. The first-order valence-corrected chi connectivity index (χ1v) is 11.3. The predicted octanol–water partition coefficient (Wildman–Crippen LogP) is 5.15. The average Bonchev–Trinajstić information content (AvgIpc) is 2.47. The zero-order valence-corrected chi connectivity index (χ0v) is 18.2. The van der Waals surface area contributed by atoms with Crippen molar-refractivity contribution >= 4 is 90.4 Å². The van der Waals surface area contributed by atoms with E-state index in [-0.39, 0.29) is 34.3 Å². The lowest BCUT2D eigenvalue weighted by molar-refractivity contribution is 0.118. The van der Waals surface area contributed by atoms with E-state index in [1.165, 1.54) is 0 Å². The van der Waals surface area contributed by atoms with Crippen LogP contribution in [0.4, 0.5) is 0 Å². The van der Waals surface area contributed by atoms with Gasteiger partial charge in [-0.1, -0.05) is 47.8 Å². The zero-order chi connectivity index (χ0) is 15.6. The first-order valence-electron chi connectivity index (χ1n) is 5.50. The van der Waals surface area contributed by atoms with E-state index < -0.39 is 7.82 Å². The van der Waals surface area contributed by atoms with Gasteiger partial charge in [0, 0.05) is 17.6 Å². The third-order valence-electron chi connectivity index (χ3n) is 1.74. The molecule has 0 aromatic heterocycles. The summed E-state index contributed by atoms with van der Waals surface area (Å²) in [4.78, 5) is -0.444. The summed E-state index contributed by atoms with van der Waals surface area (Å²) in [5.41, 5.74) is 0. The summed E-state index contributed by atoms with van der Waals surface area (Å²) in [5.74, 6) is 0.933. The van der Waals surface area contributed by atoms with Gasteiger partial charge in [-0.2, -0.15) is 0 Å². The quantitative estimate of drug-likeness (QED) is 0.243. The highest BCUT2D eigenvalue weighted by Crippen LogP contribution is 2.50. The van der Waals surface area contributed by atoms with Crippen LogP contribution in [0, 0.1) is 0 Å². The number of alkyl halides is 6. The number of halogens is 6. The van der Waals surface area contributed by atoms with Gasteiger partial charge in [0.25, 0.3) is 0 Å². The topological polar surface area (TPSA) is 44.8 Å². The third kappa shape index (κ3) is 11.0. The minimum Gasteiger partial charge on any atom is -0.286 e. The van der Waals surface area contributed by atoms with Crippen molar-refractivity contribution < 1.29 is 18.1 Å². The molecule has 0 amide bonds. The fraction of sp³-hybridized carbons (Fsp3) is 1.00. The van der Waals surface area contributed by atoms with Crippen LogP contribution in [0.1, 0.15) is 0 Å². The van der Waals surface area contributed by atoms with E-state index in [0.717, 1.165) is 0 Å². The Kier molecular flexibility index (Phi) is 14.3. The van der Waals surface area contributed by atoms with Gasteiger partial charge in [0.05, 0.1) is 34.3 Å². The lowest BCUT2D eigenvalue weighted by atomic mass is 10.5. The molecule has 11 heteroatoms. The van der Waals surface area contributed by atoms with Crippen molar-refractivity contribution in [1.29, 1.82) is 0 Å². The Morgan fingerprint density at radius 1 is 0.750 bits per heavy atom. The van der Waals surface area contributed by atoms with E-state index >= 15 is 0 Å². The van der Waals surface area contributed by atoms with Crippen LogP contribution in [0.15, 0.2) is 0 Å². The second-order valence-corrected chi connectivity index (χ2v) is 10.1. The van der Waals surface area contributed by atoms with Gasteiger partial charge in [0.15, 0.2) is 0 Å². The predicted molar refractivity (Wildman–Crippen MR) is 95.8 cm³/mol. The van der Waals surface area contributed by atoms with Gasteiger partial charge in [0.1, 0.15) is 0 Å². The minimum absolute atomic E-state index is 0.0996. The summed E-state index contributed by atoms with van der Waals surface area (Å²) < 4.78 is 28.1. The van der Waals surface area contributed by atoms with Crippen LogP contribution in [-0.2, 0) is 18.1 Å². The molecule has 0 aliphatic heterocycles. The molecule has 0 fully saturated rings. The van der Waals surface area contributed by atoms with E-state index in [0.29, 0.717) is 17.6 Å². The Bertz CT molecular complexity index is 261. The Balaban J connectivity index is 4.45. The molecule has 0 spiro atoms. The highest BCUT2D eigenvalue weighted by Gasteiger charge is 2.29. The molecule has 0 aliphatic carbocycles. The molecule has 0 rings (SSSR count). The molecule has 0 saturated carbocycles. The summed E-state index contributed by atoms with van der Waals surface area (Å²) in [5, 5.41) is 0. The van der Waals surface area contributed by atoms with E-state index in [1.807, 2.05) is 0 Å². The van der Waals surface area contributed by atoms with Crippen molar-refractivity contribution in [2.45, 2.75) is 14.5 Å². The maximum atomic E-state index is 12.4. The molecule has 20 heavy (non-hydrogen) atoms. The third-order valence-corrected chi connectivity index (χ3v) is 7.14. The van der Waals surface area contributed by atoms with Gasteiger partial charge in [0.2, 0.25) is 0 Å². The Morgan fingerprint density at radius 2 is 1.00 bits per heavy atom. The number of rotatable bonds is 12. The second kappa shape index (κ2) is 12.8. The largest absolute Gasteiger partial charge is 0.474 e. The Labute approximate surface area is 159 Å². The molecule has 0 N–H and O–H groups in total. The van der Waals surface area contributed by atoms with Crippen LogP contribution in [-0.4, -0.2) is 51.9 Å². The van der Waals surface area contributed by atoms with Gasteiger partial charge >= 0.3 is 7.82 Å².